The molecule has 34 heavy (non-hydrogen) atoms. The number of pyridine rings is 1. The minimum atomic E-state index is -0.0265. The predicted octanol–water partition coefficient (Wildman–Crippen LogP) is 3.82. The molecule has 2 aliphatic rings. The number of piperidine rings is 1. The Balaban J connectivity index is 1.19. The van der Waals surface area contributed by atoms with Crippen LogP contribution in [0.25, 0.3) is 6.08 Å². The van der Waals surface area contributed by atoms with E-state index in [9.17, 15) is 4.79 Å². The second kappa shape index (κ2) is 10.4. The third-order valence-electron chi connectivity index (χ3n) is 6.02. The van der Waals surface area contributed by atoms with Crippen LogP contribution < -0.4 is 9.64 Å². The van der Waals surface area contributed by atoms with Gasteiger partial charge in [-0.15, -0.1) is 5.10 Å². The van der Waals surface area contributed by atoms with Crippen molar-refractivity contribution in [1.82, 2.24) is 20.1 Å². The van der Waals surface area contributed by atoms with Crippen LogP contribution in [0.5, 0.6) is 11.6 Å². The summed E-state index contributed by atoms with van der Waals surface area (Å²) < 4.78 is 11.3. The average Bonchev–Trinajstić information content (AvgIpc) is 2.90. The van der Waals surface area contributed by atoms with Crippen molar-refractivity contribution >= 4 is 17.8 Å². The normalized spacial score (nSPS) is 16.3. The van der Waals surface area contributed by atoms with Crippen LogP contribution in [-0.2, 0) is 4.74 Å². The van der Waals surface area contributed by atoms with Gasteiger partial charge in [-0.05, 0) is 48.7 Å². The molecule has 2 fully saturated rings. The van der Waals surface area contributed by atoms with E-state index in [1.165, 1.54) is 5.57 Å². The van der Waals surface area contributed by atoms with E-state index in [2.05, 4.69) is 32.2 Å². The summed E-state index contributed by atoms with van der Waals surface area (Å²) in [5.74, 6) is 2.08. The van der Waals surface area contributed by atoms with Gasteiger partial charge in [0.25, 0.3) is 5.91 Å². The van der Waals surface area contributed by atoms with Crippen molar-refractivity contribution in [1.29, 1.82) is 0 Å². The highest BCUT2D eigenvalue weighted by Crippen LogP contribution is 2.26. The molecule has 1 aromatic carbocycles. The number of aromatic nitrogens is 3. The number of hydrogen-bond donors (Lipinski definition) is 0. The standard InChI is InChI=1S/C26H27N5O3/c32-26(31-13-15-33-16-14-31)22-6-7-25(27-19-22)34-23-4-1-3-21(18-23)17-20-8-11-30(12-9-20)24-5-2-10-28-29-24/h1-7,10,17-19H,8-9,11-16H2. The Labute approximate surface area is 198 Å². The van der Waals surface area contributed by atoms with Crippen molar-refractivity contribution in [2.24, 2.45) is 0 Å². The molecule has 8 heteroatoms. The first kappa shape index (κ1) is 22.0. The van der Waals surface area contributed by atoms with Gasteiger partial charge in [-0.25, -0.2) is 4.98 Å². The average molecular weight is 458 g/mol. The molecule has 3 aromatic rings. The van der Waals surface area contributed by atoms with Crippen LogP contribution >= 0.6 is 0 Å². The topological polar surface area (TPSA) is 80.7 Å². The molecule has 0 unspecified atom stereocenters. The molecule has 1 amide bonds. The van der Waals surface area contributed by atoms with Gasteiger partial charge in [0.15, 0.2) is 5.82 Å². The molecule has 0 bridgehead atoms. The third-order valence-corrected chi connectivity index (χ3v) is 6.02. The number of amides is 1. The van der Waals surface area contributed by atoms with Gasteiger partial charge in [0, 0.05) is 44.6 Å². The number of benzene rings is 1. The second-order valence-electron chi connectivity index (χ2n) is 8.34. The largest absolute Gasteiger partial charge is 0.439 e. The Morgan fingerprint density at radius 2 is 1.85 bits per heavy atom. The molecule has 0 N–H and O–H groups in total. The van der Waals surface area contributed by atoms with E-state index in [0.717, 1.165) is 37.3 Å². The minimum Gasteiger partial charge on any atom is -0.439 e. The summed E-state index contributed by atoms with van der Waals surface area (Å²) in [6.45, 7) is 4.23. The summed E-state index contributed by atoms with van der Waals surface area (Å²) >= 11 is 0. The summed E-state index contributed by atoms with van der Waals surface area (Å²) in [5.41, 5.74) is 3.06. The van der Waals surface area contributed by atoms with Crippen molar-refractivity contribution < 1.29 is 14.3 Å². The fraction of sp³-hybridized carbons (Fsp3) is 0.308. The van der Waals surface area contributed by atoms with E-state index in [-0.39, 0.29) is 5.91 Å². The SMILES string of the molecule is O=C(c1ccc(Oc2cccc(C=C3CCN(c4cccnn4)CC3)c2)nc1)N1CCOCC1. The molecule has 2 aromatic heterocycles. The van der Waals surface area contributed by atoms with Crippen molar-refractivity contribution in [3.63, 3.8) is 0 Å². The van der Waals surface area contributed by atoms with Crippen molar-refractivity contribution in [2.45, 2.75) is 12.8 Å². The molecule has 8 nitrogen and oxygen atoms in total. The molecular weight excluding hydrogens is 430 g/mol. The van der Waals surface area contributed by atoms with Crippen molar-refractivity contribution in [3.8, 4) is 11.6 Å². The number of ether oxygens (including phenoxy) is 2. The Morgan fingerprint density at radius 3 is 2.59 bits per heavy atom. The van der Waals surface area contributed by atoms with Gasteiger partial charge < -0.3 is 19.3 Å². The highest BCUT2D eigenvalue weighted by Gasteiger charge is 2.19. The lowest BCUT2D eigenvalue weighted by molar-refractivity contribution is 0.0302. The van der Waals surface area contributed by atoms with Crippen LogP contribution in [0.4, 0.5) is 5.82 Å². The Kier molecular flexibility index (Phi) is 6.76. The number of hydrogen-bond acceptors (Lipinski definition) is 7. The van der Waals surface area contributed by atoms with Gasteiger partial charge in [-0.1, -0.05) is 23.8 Å². The lowest BCUT2D eigenvalue weighted by atomic mass is 10.0. The zero-order chi connectivity index (χ0) is 23.2. The second-order valence-corrected chi connectivity index (χ2v) is 8.34. The van der Waals surface area contributed by atoms with E-state index in [1.807, 2.05) is 30.3 Å². The van der Waals surface area contributed by atoms with E-state index >= 15 is 0 Å². The summed E-state index contributed by atoms with van der Waals surface area (Å²) in [7, 11) is 0. The summed E-state index contributed by atoms with van der Waals surface area (Å²) in [6, 6.07) is 15.4. The van der Waals surface area contributed by atoms with Gasteiger partial charge in [0.05, 0.1) is 18.8 Å². The number of nitrogens with zero attached hydrogens (tertiary/aromatic N) is 5. The number of anilines is 1. The maximum atomic E-state index is 12.6. The molecule has 5 rings (SSSR count). The molecule has 0 aliphatic carbocycles. The first-order chi connectivity index (χ1) is 16.7. The summed E-state index contributed by atoms with van der Waals surface area (Å²) in [6.07, 6.45) is 7.48. The van der Waals surface area contributed by atoms with Crippen LogP contribution in [0, 0.1) is 0 Å². The maximum Gasteiger partial charge on any atom is 0.255 e. The highest BCUT2D eigenvalue weighted by atomic mass is 16.5. The van der Waals surface area contributed by atoms with Crippen molar-refractivity contribution in [2.75, 3.05) is 44.3 Å². The Morgan fingerprint density at radius 1 is 1.00 bits per heavy atom. The smallest absolute Gasteiger partial charge is 0.255 e. The number of carbonyl (C=O) groups is 1. The van der Waals surface area contributed by atoms with Crippen LogP contribution in [0.3, 0.4) is 0 Å². The predicted molar refractivity (Wildman–Crippen MR) is 129 cm³/mol. The molecule has 0 atom stereocenters. The van der Waals surface area contributed by atoms with Crippen LogP contribution in [-0.4, -0.2) is 65.4 Å². The van der Waals surface area contributed by atoms with Gasteiger partial charge in [-0.2, -0.15) is 5.10 Å². The zero-order valence-corrected chi connectivity index (χ0v) is 19.0. The third kappa shape index (κ3) is 5.40. The lowest BCUT2D eigenvalue weighted by Crippen LogP contribution is -2.40. The van der Waals surface area contributed by atoms with Crippen LogP contribution in [0.1, 0.15) is 28.8 Å². The fourth-order valence-electron chi connectivity index (χ4n) is 4.17. The van der Waals surface area contributed by atoms with E-state index in [1.54, 1.807) is 29.4 Å². The molecule has 0 radical (unpaired) electrons. The molecule has 2 aliphatic heterocycles. The lowest BCUT2D eigenvalue weighted by Gasteiger charge is -2.29. The molecule has 2 saturated heterocycles. The Bertz CT molecular complexity index is 1130. The monoisotopic (exact) mass is 457 g/mol. The quantitative estimate of drug-likeness (QED) is 0.576. The minimum absolute atomic E-state index is 0.0265. The summed E-state index contributed by atoms with van der Waals surface area (Å²) in [5, 5.41) is 8.19. The number of morpholine rings is 1. The zero-order valence-electron chi connectivity index (χ0n) is 19.0. The molecule has 4 heterocycles. The van der Waals surface area contributed by atoms with Crippen LogP contribution in [0.2, 0.25) is 0 Å². The first-order valence-corrected chi connectivity index (χ1v) is 11.6. The number of carbonyl (C=O) groups excluding carboxylic acids is 1. The fourth-order valence-corrected chi connectivity index (χ4v) is 4.17. The van der Waals surface area contributed by atoms with Gasteiger partial charge >= 0.3 is 0 Å². The molecule has 0 saturated carbocycles. The molecule has 174 valence electrons. The highest BCUT2D eigenvalue weighted by molar-refractivity contribution is 5.94. The van der Waals surface area contributed by atoms with Gasteiger partial charge in [-0.3, -0.25) is 4.79 Å². The molecule has 0 spiro atoms. The van der Waals surface area contributed by atoms with E-state index in [0.29, 0.717) is 43.5 Å². The van der Waals surface area contributed by atoms with E-state index < -0.39 is 0 Å². The summed E-state index contributed by atoms with van der Waals surface area (Å²) in [4.78, 5) is 21.0. The maximum absolute atomic E-state index is 12.6. The van der Waals surface area contributed by atoms with Crippen LogP contribution in [0.15, 0.2) is 66.5 Å². The van der Waals surface area contributed by atoms with E-state index in [4.69, 9.17) is 9.47 Å². The number of rotatable bonds is 5. The Hall–Kier alpha value is -3.78. The molecular formula is C26H27N5O3. The van der Waals surface area contributed by atoms with Gasteiger partial charge in [0.1, 0.15) is 5.75 Å². The van der Waals surface area contributed by atoms with Crippen molar-refractivity contribution in [3.05, 3.63) is 77.6 Å². The van der Waals surface area contributed by atoms with Gasteiger partial charge in [0.2, 0.25) is 5.88 Å². The first-order valence-electron chi connectivity index (χ1n) is 11.6.